The highest BCUT2D eigenvalue weighted by molar-refractivity contribution is 6.42. The Bertz CT molecular complexity index is 1150. The second-order valence-electron chi connectivity index (χ2n) is 7.50. The van der Waals surface area contributed by atoms with Gasteiger partial charge in [0.1, 0.15) is 5.75 Å². The van der Waals surface area contributed by atoms with E-state index in [1.165, 1.54) is 6.20 Å². The molecule has 0 spiro atoms. The summed E-state index contributed by atoms with van der Waals surface area (Å²) >= 11 is 12.2. The first-order valence-electron chi connectivity index (χ1n) is 9.83. The van der Waals surface area contributed by atoms with Crippen molar-refractivity contribution < 1.29 is 9.53 Å². The lowest BCUT2D eigenvalue weighted by Crippen LogP contribution is -2.44. The van der Waals surface area contributed by atoms with Gasteiger partial charge in [0.25, 0.3) is 5.91 Å². The van der Waals surface area contributed by atoms with E-state index in [2.05, 4.69) is 27.1 Å². The van der Waals surface area contributed by atoms with E-state index in [9.17, 15) is 4.79 Å². The van der Waals surface area contributed by atoms with Gasteiger partial charge in [-0.3, -0.25) is 9.78 Å². The number of amides is 1. The van der Waals surface area contributed by atoms with Crippen LogP contribution in [0.2, 0.25) is 10.0 Å². The molecule has 9 heteroatoms. The summed E-state index contributed by atoms with van der Waals surface area (Å²) in [6, 6.07) is 9.06. The number of fused-ring (bicyclic) bond motifs is 1. The van der Waals surface area contributed by atoms with Gasteiger partial charge >= 0.3 is 0 Å². The number of carbonyl (C=O) groups is 1. The summed E-state index contributed by atoms with van der Waals surface area (Å²) in [6.45, 7) is 3.65. The van der Waals surface area contributed by atoms with Crippen molar-refractivity contribution in [2.24, 2.45) is 5.73 Å². The Morgan fingerprint density at radius 1 is 1.13 bits per heavy atom. The van der Waals surface area contributed by atoms with Gasteiger partial charge in [0, 0.05) is 49.5 Å². The number of pyridine rings is 1. The maximum absolute atomic E-state index is 12.2. The Kier molecular flexibility index (Phi) is 6.09. The molecule has 1 saturated heterocycles. The van der Waals surface area contributed by atoms with E-state index in [4.69, 9.17) is 33.7 Å². The van der Waals surface area contributed by atoms with Crippen molar-refractivity contribution in [2.75, 3.05) is 50.6 Å². The topological polar surface area (TPSA) is 83.7 Å². The average molecular weight is 460 g/mol. The van der Waals surface area contributed by atoms with Gasteiger partial charge in [-0.05, 0) is 31.3 Å². The Balaban J connectivity index is 1.87. The summed E-state index contributed by atoms with van der Waals surface area (Å²) in [5.41, 5.74) is 8.82. The first kappa shape index (κ1) is 21.5. The number of halogens is 2. The van der Waals surface area contributed by atoms with E-state index in [1.807, 2.05) is 12.1 Å². The van der Waals surface area contributed by atoms with E-state index in [-0.39, 0.29) is 5.56 Å². The third-order valence-corrected chi connectivity index (χ3v) is 6.21. The minimum absolute atomic E-state index is 0.285. The van der Waals surface area contributed by atoms with Gasteiger partial charge in [0.15, 0.2) is 0 Å². The Morgan fingerprint density at radius 2 is 1.87 bits per heavy atom. The van der Waals surface area contributed by atoms with Crippen LogP contribution in [-0.2, 0) is 0 Å². The van der Waals surface area contributed by atoms with Crippen molar-refractivity contribution in [2.45, 2.75) is 0 Å². The second kappa shape index (κ2) is 8.78. The number of likely N-dealkylation sites (N-methyl/N-ethyl adjacent to an activating group) is 1. The summed E-state index contributed by atoms with van der Waals surface area (Å²) in [5.74, 6) is 0.158. The summed E-state index contributed by atoms with van der Waals surface area (Å²) in [4.78, 5) is 21.2. The molecule has 1 amide bonds. The van der Waals surface area contributed by atoms with Gasteiger partial charge in [-0.1, -0.05) is 23.2 Å². The van der Waals surface area contributed by atoms with Crippen LogP contribution in [0.4, 0.5) is 17.1 Å². The smallest absolute Gasteiger partial charge is 0.252 e. The van der Waals surface area contributed by atoms with Crippen LogP contribution in [0, 0.1) is 0 Å². The molecule has 0 unspecified atom stereocenters. The van der Waals surface area contributed by atoms with E-state index in [0.29, 0.717) is 26.9 Å². The van der Waals surface area contributed by atoms with Gasteiger partial charge in [-0.25, -0.2) is 0 Å². The number of primary amides is 1. The zero-order valence-electron chi connectivity index (χ0n) is 17.3. The predicted octanol–water partition coefficient (Wildman–Crippen LogP) is 4.14. The molecule has 0 saturated carbocycles. The molecule has 0 atom stereocenters. The molecule has 1 fully saturated rings. The fourth-order valence-corrected chi connectivity index (χ4v) is 4.00. The number of benzene rings is 2. The highest BCUT2D eigenvalue weighted by atomic mass is 35.5. The quantitative estimate of drug-likeness (QED) is 0.596. The van der Waals surface area contributed by atoms with Gasteiger partial charge in [-0.2, -0.15) is 0 Å². The van der Waals surface area contributed by atoms with Crippen LogP contribution < -0.4 is 20.7 Å². The molecule has 4 rings (SSSR count). The molecule has 3 aromatic rings. The van der Waals surface area contributed by atoms with Crippen molar-refractivity contribution in [3.63, 3.8) is 0 Å². The molecule has 1 aliphatic rings. The van der Waals surface area contributed by atoms with Gasteiger partial charge < -0.3 is 25.6 Å². The molecule has 1 aromatic heterocycles. The molecule has 0 bridgehead atoms. The normalized spacial score (nSPS) is 14.6. The molecular weight excluding hydrogens is 437 g/mol. The minimum Gasteiger partial charge on any atom is -0.495 e. The van der Waals surface area contributed by atoms with Crippen molar-refractivity contribution in [1.29, 1.82) is 0 Å². The number of methoxy groups -OCH3 is 1. The average Bonchev–Trinajstić information content (AvgIpc) is 2.76. The van der Waals surface area contributed by atoms with Crippen LogP contribution in [0.15, 0.2) is 36.5 Å². The number of aromatic nitrogens is 1. The third kappa shape index (κ3) is 4.35. The maximum atomic E-state index is 12.2. The molecule has 31 heavy (non-hydrogen) atoms. The highest BCUT2D eigenvalue weighted by Crippen LogP contribution is 2.38. The zero-order valence-corrected chi connectivity index (χ0v) is 18.8. The Morgan fingerprint density at radius 3 is 2.52 bits per heavy atom. The first-order chi connectivity index (χ1) is 14.9. The summed E-state index contributed by atoms with van der Waals surface area (Å²) in [5, 5.41) is 4.91. The first-order valence-corrected chi connectivity index (χ1v) is 10.6. The van der Waals surface area contributed by atoms with Gasteiger partial charge in [-0.15, -0.1) is 0 Å². The predicted molar refractivity (Wildman–Crippen MR) is 126 cm³/mol. The molecule has 3 N–H and O–H groups in total. The number of rotatable bonds is 5. The van der Waals surface area contributed by atoms with Crippen molar-refractivity contribution >= 4 is 57.1 Å². The van der Waals surface area contributed by atoms with E-state index >= 15 is 0 Å². The van der Waals surface area contributed by atoms with E-state index in [0.717, 1.165) is 43.0 Å². The lowest BCUT2D eigenvalue weighted by atomic mass is 10.1. The molecule has 0 aliphatic carbocycles. The zero-order chi connectivity index (χ0) is 22.1. The minimum atomic E-state index is -0.575. The van der Waals surface area contributed by atoms with Crippen molar-refractivity contribution in [3.05, 3.63) is 52.1 Å². The number of nitrogens with zero attached hydrogens (tertiary/aromatic N) is 3. The molecule has 2 heterocycles. The van der Waals surface area contributed by atoms with Crippen LogP contribution in [0.1, 0.15) is 10.4 Å². The standard InChI is InChI=1S/C22H23Cl2N5O2/c1-28-5-7-29(8-6-28)19-10-14-18(11-20(19)31-2)26-12-15(22(25)30)21(14)27-13-3-4-16(23)17(24)9-13/h3-4,9-12H,5-8H2,1-2H3,(H2,25,30)(H,26,27). The van der Waals surface area contributed by atoms with Crippen LogP contribution >= 0.6 is 23.2 Å². The van der Waals surface area contributed by atoms with E-state index < -0.39 is 5.91 Å². The molecule has 0 radical (unpaired) electrons. The maximum Gasteiger partial charge on any atom is 0.252 e. The number of carbonyl (C=O) groups excluding carboxylic acids is 1. The highest BCUT2D eigenvalue weighted by Gasteiger charge is 2.21. The van der Waals surface area contributed by atoms with Crippen LogP contribution in [0.5, 0.6) is 5.75 Å². The van der Waals surface area contributed by atoms with Crippen LogP contribution in [0.25, 0.3) is 10.9 Å². The number of ether oxygens (including phenoxy) is 1. The Labute approximate surface area is 190 Å². The van der Waals surface area contributed by atoms with Gasteiger partial charge in [0.05, 0.1) is 39.6 Å². The molecule has 162 valence electrons. The third-order valence-electron chi connectivity index (χ3n) is 5.47. The van der Waals surface area contributed by atoms with Crippen molar-refractivity contribution in [1.82, 2.24) is 9.88 Å². The summed E-state index contributed by atoms with van der Waals surface area (Å²) < 4.78 is 5.66. The Hall–Kier alpha value is -2.74. The SMILES string of the molecule is COc1cc2ncc(C(N)=O)c(Nc3ccc(Cl)c(Cl)c3)c2cc1N1CCN(C)CC1. The fourth-order valence-electron chi connectivity index (χ4n) is 3.71. The number of anilines is 3. The molecule has 1 aliphatic heterocycles. The van der Waals surface area contributed by atoms with Crippen LogP contribution in [0.3, 0.4) is 0 Å². The number of hydrogen-bond donors (Lipinski definition) is 2. The molecule has 7 nitrogen and oxygen atoms in total. The van der Waals surface area contributed by atoms with Crippen LogP contribution in [-0.4, -0.2) is 56.1 Å². The summed E-state index contributed by atoms with van der Waals surface area (Å²) in [6.07, 6.45) is 1.47. The second-order valence-corrected chi connectivity index (χ2v) is 8.31. The fraction of sp³-hybridized carbons (Fsp3) is 0.273. The summed E-state index contributed by atoms with van der Waals surface area (Å²) in [7, 11) is 3.75. The number of hydrogen-bond acceptors (Lipinski definition) is 6. The molecule has 2 aromatic carbocycles. The monoisotopic (exact) mass is 459 g/mol. The number of nitrogens with two attached hydrogens (primary N) is 1. The largest absolute Gasteiger partial charge is 0.495 e. The number of piperazine rings is 1. The lowest BCUT2D eigenvalue weighted by Gasteiger charge is -2.35. The molecular formula is C22H23Cl2N5O2. The number of nitrogens with one attached hydrogen (secondary N) is 1. The van der Waals surface area contributed by atoms with Gasteiger partial charge in [0.2, 0.25) is 0 Å². The van der Waals surface area contributed by atoms with E-state index in [1.54, 1.807) is 25.3 Å². The lowest BCUT2D eigenvalue weighted by molar-refractivity contribution is 0.100. The van der Waals surface area contributed by atoms with Crippen molar-refractivity contribution in [3.8, 4) is 5.75 Å².